The minimum atomic E-state index is -0.917. The second-order valence-electron chi connectivity index (χ2n) is 4.57. The van der Waals surface area contributed by atoms with Crippen LogP contribution in [0.4, 0.5) is 0 Å². The average Bonchev–Trinajstić information content (AvgIpc) is 2.66. The number of ether oxygens (including phenoxy) is 1. The van der Waals surface area contributed by atoms with Crippen LogP contribution in [-0.2, 0) is 4.74 Å². The molecule has 3 N–H and O–H groups in total. The van der Waals surface area contributed by atoms with Gasteiger partial charge < -0.3 is 20.3 Å². The Bertz CT molecular complexity index is 430. The molecule has 0 spiro atoms. The Balaban J connectivity index is 2.28. The highest BCUT2D eigenvalue weighted by molar-refractivity contribution is 6.42. The van der Waals surface area contributed by atoms with E-state index in [4.69, 9.17) is 33.0 Å². The van der Waals surface area contributed by atoms with Crippen LogP contribution >= 0.6 is 23.2 Å². The summed E-state index contributed by atoms with van der Waals surface area (Å²) in [5.41, 5.74) is 0.932. The minimum Gasteiger partial charge on any atom is -0.394 e. The smallest absolute Gasteiger partial charge is 0.104 e. The van der Waals surface area contributed by atoms with E-state index >= 15 is 0 Å². The van der Waals surface area contributed by atoms with Crippen molar-refractivity contribution in [1.29, 1.82) is 0 Å². The van der Waals surface area contributed by atoms with Crippen LogP contribution in [0.2, 0.25) is 10.0 Å². The molecule has 0 amide bonds. The van der Waals surface area contributed by atoms with E-state index in [1.807, 2.05) is 6.07 Å². The molecule has 1 fully saturated rings. The van der Waals surface area contributed by atoms with E-state index in [2.05, 4.69) is 5.32 Å². The van der Waals surface area contributed by atoms with Gasteiger partial charge in [-0.1, -0.05) is 29.3 Å². The van der Waals surface area contributed by atoms with Crippen LogP contribution in [0.15, 0.2) is 18.2 Å². The number of halogens is 2. The summed E-state index contributed by atoms with van der Waals surface area (Å²) in [5, 5.41) is 23.3. The SMILES string of the molecule is OC[C@H](O)[C@H]1OCCNC[C@H]1c1ccc(Cl)c(Cl)c1. The third-order valence-electron chi connectivity index (χ3n) is 3.29. The lowest BCUT2D eigenvalue weighted by Gasteiger charge is -2.28. The number of hydrogen-bond acceptors (Lipinski definition) is 4. The summed E-state index contributed by atoms with van der Waals surface area (Å²) in [6.45, 7) is 1.54. The van der Waals surface area contributed by atoms with Crippen molar-refractivity contribution in [2.24, 2.45) is 0 Å². The van der Waals surface area contributed by atoms with Crippen molar-refractivity contribution >= 4 is 23.2 Å². The molecule has 0 bridgehead atoms. The standard InChI is InChI=1S/C13H17Cl2NO3/c14-10-2-1-8(5-11(10)15)9-6-16-3-4-19-13(9)12(18)7-17/h1-2,5,9,12-13,16-18H,3-4,6-7H2/t9-,12-,13-/m0/s1. The molecule has 0 unspecified atom stereocenters. The van der Waals surface area contributed by atoms with E-state index in [0.29, 0.717) is 29.7 Å². The maximum absolute atomic E-state index is 9.90. The molecule has 106 valence electrons. The molecule has 0 aromatic heterocycles. The monoisotopic (exact) mass is 305 g/mol. The van der Waals surface area contributed by atoms with Gasteiger partial charge in [0.25, 0.3) is 0 Å². The molecule has 3 atom stereocenters. The Hall–Kier alpha value is -0.360. The zero-order chi connectivity index (χ0) is 13.8. The van der Waals surface area contributed by atoms with Gasteiger partial charge in [0.1, 0.15) is 6.10 Å². The van der Waals surface area contributed by atoms with Gasteiger partial charge in [0, 0.05) is 19.0 Å². The van der Waals surface area contributed by atoms with E-state index in [0.717, 1.165) is 5.56 Å². The normalized spacial score (nSPS) is 25.9. The fraction of sp³-hybridized carbons (Fsp3) is 0.538. The lowest BCUT2D eigenvalue weighted by molar-refractivity contribution is -0.0609. The fourth-order valence-corrected chi connectivity index (χ4v) is 2.60. The van der Waals surface area contributed by atoms with Gasteiger partial charge in [-0.15, -0.1) is 0 Å². The highest BCUT2D eigenvalue weighted by Crippen LogP contribution is 2.30. The number of benzene rings is 1. The summed E-state index contributed by atoms with van der Waals surface area (Å²) >= 11 is 11.9. The fourth-order valence-electron chi connectivity index (χ4n) is 2.29. The first-order valence-corrected chi connectivity index (χ1v) is 6.95. The highest BCUT2D eigenvalue weighted by Gasteiger charge is 2.31. The Kier molecular flexibility index (Phi) is 5.45. The van der Waals surface area contributed by atoms with Crippen LogP contribution in [-0.4, -0.2) is 48.7 Å². The van der Waals surface area contributed by atoms with Gasteiger partial charge in [0.05, 0.1) is 29.4 Å². The Morgan fingerprint density at radius 3 is 2.84 bits per heavy atom. The molecule has 1 heterocycles. The van der Waals surface area contributed by atoms with Crippen LogP contribution in [0.25, 0.3) is 0 Å². The molecule has 1 aromatic carbocycles. The second-order valence-corrected chi connectivity index (χ2v) is 5.38. The van der Waals surface area contributed by atoms with Gasteiger partial charge in [-0.2, -0.15) is 0 Å². The molecule has 0 aliphatic carbocycles. The first-order chi connectivity index (χ1) is 9.13. The molecule has 0 radical (unpaired) electrons. The summed E-state index contributed by atoms with van der Waals surface area (Å²) < 4.78 is 5.64. The van der Waals surface area contributed by atoms with E-state index in [1.54, 1.807) is 12.1 Å². The van der Waals surface area contributed by atoms with Gasteiger partial charge in [-0.05, 0) is 17.7 Å². The van der Waals surface area contributed by atoms with E-state index in [1.165, 1.54) is 0 Å². The first-order valence-electron chi connectivity index (χ1n) is 6.19. The van der Waals surface area contributed by atoms with Crippen LogP contribution in [0.3, 0.4) is 0 Å². The summed E-state index contributed by atoms with van der Waals surface area (Å²) in [6.07, 6.45) is -1.38. The topological polar surface area (TPSA) is 61.7 Å². The van der Waals surface area contributed by atoms with Crippen molar-refractivity contribution in [2.45, 2.75) is 18.1 Å². The Labute approximate surface area is 122 Å². The van der Waals surface area contributed by atoms with Gasteiger partial charge in [0.15, 0.2) is 0 Å². The quantitative estimate of drug-likeness (QED) is 0.790. The number of aliphatic hydroxyl groups excluding tert-OH is 2. The zero-order valence-electron chi connectivity index (χ0n) is 10.4. The molecule has 6 heteroatoms. The lowest BCUT2D eigenvalue weighted by atomic mass is 9.90. The van der Waals surface area contributed by atoms with Crippen LogP contribution in [0.5, 0.6) is 0 Å². The molecule has 19 heavy (non-hydrogen) atoms. The van der Waals surface area contributed by atoms with E-state index in [9.17, 15) is 5.11 Å². The minimum absolute atomic E-state index is 0.0839. The second kappa shape index (κ2) is 6.88. The van der Waals surface area contributed by atoms with Crippen molar-refractivity contribution in [3.8, 4) is 0 Å². The Morgan fingerprint density at radius 1 is 1.37 bits per heavy atom. The number of rotatable bonds is 3. The number of nitrogens with one attached hydrogen (secondary N) is 1. The molecular formula is C13H17Cl2NO3. The molecule has 0 saturated carbocycles. The van der Waals surface area contributed by atoms with E-state index in [-0.39, 0.29) is 12.5 Å². The van der Waals surface area contributed by atoms with Gasteiger partial charge >= 0.3 is 0 Å². The zero-order valence-corrected chi connectivity index (χ0v) is 11.9. The Morgan fingerprint density at radius 2 is 2.16 bits per heavy atom. The van der Waals surface area contributed by atoms with Gasteiger partial charge in [-0.3, -0.25) is 0 Å². The van der Waals surface area contributed by atoms with Crippen molar-refractivity contribution < 1.29 is 14.9 Å². The number of hydrogen-bond donors (Lipinski definition) is 3. The first kappa shape index (κ1) is 15.0. The highest BCUT2D eigenvalue weighted by atomic mass is 35.5. The lowest BCUT2D eigenvalue weighted by Crippen LogP contribution is -2.38. The third-order valence-corrected chi connectivity index (χ3v) is 4.03. The van der Waals surface area contributed by atoms with Crippen molar-refractivity contribution in [2.75, 3.05) is 26.3 Å². The molecule has 1 saturated heterocycles. The largest absolute Gasteiger partial charge is 0.394 e. The number of aliphatic hydroxyl groups is 2. The van der Waals surface area contributed by atoms with Crippen LogP contribution in [0.1, 0.15) is 11.5 Å². The summed E-state index contributed by atoms with van der Waals surface area (Å²) in [5.74, 6) is -0.0839. The molecule has 4 nitrogen and oxygen atoms in total. The van der Waals surface area contributed by atoms with Gasteiger partial charge in [-0.25, -0.2) is 0 Å². The van der Waals surface area contributed by atoms with Crippen molar-refractivity contribution in [3.05, 3.63) is 33.8 Å². The van der Waals surface area contributed by atoms with Crippen molar-refractivity contribution in [3.63, 3.8) is 0 Å². The summed E-state index contributed by atoms with van der Waals surface area (Å²) in [4.78, 5) is 0. The molecule has 1 aromatic rings. The predicted octanol–water partition coefficient (Wildman–Crippen LogP) is 1.42. The van der Waals surface area contributed by atoms with Crippen molar-refractivity contribution in [1.82, 2.24) is 5.32 Å². The predicted molar refractivity (Wildman–Crippen MR) is 74.9 cm³/mol. The van der Waals surface area contributed by atoms with Crippen LogP contribution in [0, 0.1) is 0 Å². The molecular weight excluding hydrogens is 289 g/mol. The summed E-state index contributed by atoms with van der Waals surface area (Å²) in [6, 6.07) is 5.38. The van der Waals surface area contributed by atoms with E-state index < -0.39 is 12.2 Å². The average molecular weight is 306 g/mol. The van der Waals surface area contributed by atoms with Crippen LogP contribution < -0.4 is 5.32 Å². The van der Waals surface area contributed by atoms with Gasteiger partial charge in [0.2, 0.25) is 0 Å². The molecule has 2 rings (SSSR count). The maximum Gasteiger partial charge on any atom is 0.104 e. The third kappa shape index (κ3) is 3.60. The molecule has 1 aliphatic rings. The summed E-state index contributed by atoms with van der Waals surface area (Å²) in [7, 11) is 0. The maximum atomic E-state index is 9.90. The molecule has 1 aliphatic heterocycles.